The molecule has 1 amide bonds. The van der Waals surface area contributed by atoms with Gasteiger partial charge in [0.15, 0.2) is 6.10 Å². The number of rotatable bonds is 5. The predicted molar refractivity (Wildman–Crippen MR) is 91.1 cm³/mol. The van der Waals surface area contributed by atoms with Gasteiger partial charge in [0.05, 0.1) is 6.54 Å². The molecule has 0 bridgehead atoms. The van der Waals surface area contributed by atoms with Crippen LogP contribution in [-0.2, 0) is 4.79 Å². The molecule has 1 fully saturated rings. The first-order chi connectivity index (χ1) is 11.6. The van der Waals surface area contributed by atoms with Crippen molar-refractivity contribution in [1.29, 1.82) is 0 Å². The number of pyridine rings is 1. The first kappa shape index (κ1) is 16.3. The number of benzene rings is 1. The Bertz CT molecular complexity index is 690. The molecule has 2 atom stereocenters. The van der Waals surface area contributed by atoms with Crippen molar-refractivity contribution in [2.24, 2.45) is 0 Å². The normalized spacial score (nSPS) is 18.2. The first-order valence-corrected chi connectivity index (χ1v) is 8.22. The van der Waals surface area contributed by atoms with Gasteiger partial charge in [-0.1, -0.05) is 24.3 Å². The van der Waals surface area contributed by atoms with Crippen molar-refractivity contribution in [2.75, 3.05) is 13.1 Å². The number of carbonyl (C=O) groups excluding carboxylic acids is 1. The molecular weight excluding hydrogens is 304 g/mol. The van der Waals surface area contributed by atoms with Crippen LogP contribution in [-0.4, -0.2) is 41.1 Å². The van der Waals surface area contributed by atoms with E-state index in [0.29, 0.717) is 24.7 Å². The van der Waals surface area contributed by atoms with Crippen molar-refractivity contribution in [3.63, 3.8) is 0 Å². The monoisotopic (exact) mass is 326 g/mol. The fourth-order valence-electron chi connectivity index (χ4n) is 2.79. The Labute approximate surface area is 142 Å². The summed E-state index contributed by atoms with van der Waals surface area (Å²) in [6.45, 7) is 4.96. The van der Waals surface area contributed by atoms with E-state index in [2.05, 4.69) is 4.98 Å². The zero-order valence-corrected chi connectivity index (χ0v) is 14.0. The summed E-state index contributed by atoms with van der Waals surface area (Å²) >= 11 is 0. The molecule has 2 heterocycles. The standard InChI is InChI=1S/C19H22N2O3/c1-14-7-6-10-18(20-14)24-17-11-12-21(13-17)19(22)15(2)23-16-8-4-3-5-9-16/h3-10,15,17H,11-13H2,1-2H3. The second-order valence-corrected chi connectivity index (χ2v) is 6.00. The van der Waals surface area contributed by atoms with Gasteiger partial charge in [-0.05, 0) is 32.0 Å². The topological polar surface area (TPSA) is 51.7 Å². The van der Waals surface area contributed by atoms with Crippen molar-refractivity contribution < 1.29 is 14.3 Å². The smallest absolute Gasteiger partial charge is 0.263 e. The van der Waals surface area contributed by atoms with E-state index in [1.165, 1.54) is 0 Å². The van der Waals surface area contributed by atoms with Crippen LogP contribution in [0.4, 0.5) is 0 Å². The van der Waals surface area contributed by atoms with E-state index in [-0.39, 0.29) is 12.0 Å². The van der Waals surface area contributed by atoms with Gasteiger partial charge >= 0.3 is 0 Å². The van der Waals surface area contributed by atoms with Gasteiger partial charge < -0.3 is 14.4 Å². The number of aryl methyl sites for hydroxylation is 1. The number of likely N-dealkylation sites (tertiary alicyclic amines) is 1. The maximum absolute atomic E-state index is 12.5. The lowest BCUT2D eigenvalue weighted by molar-refractivity contribution is -0.137. The molecule has 126 valence electrons. The predicted octanol–water partition coefficient (Wildman–Crippen LogP) is 2.84. The van der Waals surface area contributed by atoms with Gasteiger partial charge in [-0.3, -0.25) is 4.79 Å². The highest BCUT2D eigenvalue weighted by atomic mass is 16.5. The second-order valence-electron chi connectivity index (χ2n) is 6.00. The third-order valence-corrected chi connectivity index (χ3v) is 4.01. The van der Waals surface area contributed by atoms with Gasteiger partial charge in [0.2, 0.25) is 5.88 Å². The van der Waals surface area contributed by atoms with Crippen LogP contribution in [0.1, 0.15) is 19.0 Å². The van der Waals surface area contributed by atoms with E-state index in [0.717, 1.165) is 12.1 Å². The third kappa shape index (κ3) is 4.04. The Balaban J connectivity index is 1.53. The second kappa shape index (κ2) is 7.34. The molecule has 0 N–H and O–H groups in total. The number of para-hydroxylation sites is 1. The van der Waals surface area contributed by atoms with Crippen molar-refractivity contribution in [2.45, 2.75) is 32.5 Å². The molecule has 0 aliphatic carbocycles. The number of carbonyl (C=O) groups is 1. The lowest BCUT2D eigenvalue weighted by Gasteiger charge is -2.21. The maximum Gasteiger partial charge on any atom is 0.263 e. The molecule has 3 rings (SSSR count). The third-order valence-electron chi connectivity index (χ3n) is 4.01. The summed E-state index contributed by atoms with van der Waals surface area (Å²) in [6, 6.07) is 15.1. The number of amides is 1. The van der Waals surface area contributed by atoms with E-state index in [1.54, 1.807) is 11.8 Å². The number of ether oxygens (including phenoxy) is 2. The van der Waals surface area contributed by atoms with Gasteiger partial charge in [-0.2, -0.15) is 0 Å². The van der Waals surface area contributed by atoms with Crippen molar-refractivity contribution in [1.82, 2.24) is 9.88 Å². The van der Waals surface area contributed by atoms with Crippen LogP contribution in [0, 0.1) is 6.92 Å². The molecule has 24 heavy (non-hydrogen) atoms. The van der Waals surface area contributed by atoms with E-state index >= 15 is 0 Å². The molecule has 1 aromatic heterocycles. The van der Waals surface area contributed by atoms with Crippen LogP contribution in [0.2, 0.25) is 0 Å². The number of nitrogens with zero attached hydrogens (tertiary/aromatic N) is 2. The van der Waals surface area contributed by atoms with Crippen LogP contribution in [0.5, 0.6) is 11.6 Å². The van der Waals surface area contributed by atoms with Crippen LogP contribution in [0.3, 0.4) is 0 Å². The zero-order valence-electron chi connectivity index (χ0n) is 14.0. The van der Waals surface area contributed by atoms with Gasteiger partial charge in [0.25, 0.3) is 5.91 Å². The molecule has 5 heteroatoms. The molecule has 1 aromatic carbocycles. The molecule has 5 nitrogen and oxygen atoms in total. The molecule has 2 aromatic rings. The summed E-state index contributed by atoms with van der Waals surface area (Å²) in [5, 5.41) is 0. The number of aromatic nitrogens is 1. The van der Waals surface area contributed by atoms with Crippen LogP contribution >= 0.6 is 0 Å². The van der Waals surface area contributed by atoms with E-state index in [9.17, 15) is 4.79 Å². The molecule has 1 saturated heterocycles. The van der Waals surface area contributed by atoms with Crippen molar-refractivity contribution in [3.8, 4) is 11.6 Å². The zero-order chi connectivity index (χ0) is 16.9. The fourth-order valence-corrected chi connectivity index (χ4v) is 2.79. The number of hydrogen-bond donors (Lipinski definition) is 0. The highest BCUT2D eigenvalue weighted by Gasteiger charge is 2.31. The lowest BCUT2D eigenvalue weighted by Crippen LogP contribution is -2.40. The first-order valence-electron chi connectivity index (χ1n) is 8.22. The largest absolute Gasteiger partial charge is 0.481 e. The summed E-state index contributed by atoms with van der Waals surface area (Å²) in [5.41, 5.74) is 0.920. The fraction of sp³-hybridized carbons (Fsp3) is 0.368. The maximum atomic E-state index is 12.5. The Morgan fingerprint density at radius 2 is 2.00 bits per heavy atom. The van der Waals surface area contributed by atoms with Crippen molar-refractivity contribution >= 4 is 5.91 Å². The molecule has 0 spiro atoms. The summed E-state index contributed by atoms with van der Waals surface area (Å²) in [7, 11) is 0. The summed E-state index contributed by atoms with van der Waals surface area (Å²) in [5.74, 6) is 1.30. The van der Waals surface area contributed by atoms with Crippen LogP contribution in [0.15, 0.2) is 48.5 Å². The highest BCUT2D eigenvalue weighted by molar-refractivity contribution is 5.81. The Morgan fingerprint density at radius 1 is 1.21 bits per heavy atom. The highest BCUT2D eigenvalue weighted by Crippen LogP contribution is 2.19. The molecular formula is C19H22N2O3. The van der Waals surface area contributed by atoms with Gasteiger partial charge in [-0.15, -0.1) is 0 Å². The molecule has 0 radical (unpaired) electrons. The Hall–Kier alpha value is -2.56. The molecule has 2 unspecified atom stereocenters. The Kier molecular flexibility index (Phi) is 4.99. The summed E-state index contributed by atoms with van der Waals surface area (Å²) < 4.78 is 11.6. The van der Waals surface area contributed by atoms with E-state index < -0.39 is 6.10 Å². The summed E-state index contributed by atoms with van der Waals surface area (Å²) in [6.07, 6.45) is 0.273. The van der Waals surface area contributed by atoms with Gasteiger partial charge in [0.1, 0.15) is 11.9 Å². The SMILES string of the molecule is Cc1cccc(OC2CCN(C(=O)C(C)Oc3ccccc3)C2)n1. The van der Waals surface area contributed by atoms with E-state index in [1.807, 2.05) is 55.5 Å². The minimum atomic E-state index is -0.511. The quantitative estimate of drug-likeness (QED) is 0.848. The molecule has 1 aliphatic heterocycles. The molecule has 0 saturated carbocycles. The lowest BCUT2D eigenvalue weighted by atomic mass is 10.3. The van der Waals surface area contributed by atoms with Crippen LogP contribution < -0.4 is 9.47 Å². The van der Waals surface area contributed by atoms with Gasteiger partial charge in [-0.25, -0.2) is 4.98 Å². The van der Waals surface area contributed by atoms with Crippen LogP contribution in [0.25, 0.3) is 0 Å². The van der Waals surface area contributed by atoms with Gasteiger partial charge in [0, 0.05) is 24.7 Å². The van der Waals surface area contributed by atoms with Crippen molar-refractivity contribution in [3.05, 3.63) is 54.2 Å². The minimum absolute atomic E-state index is 0.0119. The molecule has 1 aliphatic rings. The summed E-state index contributed by atoms with van der Waals surface area (Å²) in [4.78, 5) is 18.7. The minimum Gasteiger partial charge on any atom is -0.481 e. The Morgan fingerprint density at radius 3 is 2.75 bits per heavy atom. The van der Waals surface area contributed by atoms with E-state index in [4.69, 9.17) is 9.47 Å². The average molecular weight is 326 g/mol. The average Bonchev–Trinajstić information content (AvgIpc) is 3.03. The number of hydrogen-bond acceptors (Lipinski definition) is 4.